The number of rotatable bonds is 5. The molecule has 1 heterocycles. The monoisotopic (exact) mass is 250 g/mol. The first kappa shape index (κ1) is 12.2. The smallest absolute Gasteiger partial charge is 0.226 e. The van der Waals surface area contributed by atoms with Crippen molar-refractivity contribution in [3.05, 3.63) is 41.3 Å². The Morgan fingerprint density at radius 2 is 2.33 bits per heavy atom. The third-order valence-corrected chi connectivity index (χ3v) is 2.27. The minimum absolute atomic E-state index is 0.0654. The first-order valence-electron chi connectivity index (χ1n) is 5.42. The molecule has 0 aliphatic rings. The van der Waals surface area contributed by atoms with Gasteiger partial charge in [-0.05, 0) is 18.2 Å². The van der Waals surface area contributed by atoms with Crippen LogP contribution >= 0.6 is 0 Å². The van der Waals surface area contributed by atoms with Crippen molar-refractivity contribution in [3.8, 4) is 5.75 Å². The average molecular weight is 250 g/mol. The van der Waals surface area contributed by atoms with E-state index in [2.05, 4.69) is 10.1 Å². The quantitative estimate of drug-likeness (QED) is 0.761. The molecule has 6 heteroatoms. The first-order chi connectivity index (χ1) is 8.72. The highest BCUT2D eigenvalue weighted by Gasteiger charge is 2.08. The van der Waals surface area contributed by atoms with Crippen molar-refractivity contribution in [1.82, 2.24) is 10.1 Å². The topological polar surface area (TPSA) is 65.2 Å². The Morgan fingerprint density at radius 3 is 3.00 bits per heavy atom. The zero-order valence-electron chi connectivity index (χ0n) is 9.72. The molecule has 1 aromatic carbocycles. The van der Waals surface area contributed by atoms with Crippen LogP contribution in [0.2, 0.25) is 0 Å². The summed E-state index contributed by atoms with van der Waals surface area (Å²) in [7, 11) is 0. The van der Waals surface area contributed by atoms with E-state index in [0.29, 0.717) is 24.4 Å². The summed E-state index contributed by atoms with van der Waals surface area (Å²) < 4.78 is 23.1. The lowest BCUT2D eigenvalue weighted by Gasteiger charge is -2.05. The van der Waals surface area contributed by atoms with Crippen LogP contribution in [0, 0.1) is 5.82 Å². The zero-order valence-corrected chi connectivity index (χ0v) is 9.72. The zero-order chi connectivity index (χ0) is 13.0. The number of carbonyl (C=O) groups excluding carboxylic acids is 1. The van der Waals surface area contributed by atoms with Crippen LogP contribution in [0.3, 0.4) is 0 Å². The maximum atomic E-state index is 12.9. The molecule has 1 aromatic heterocycles. The summed E-state index contributed by atoms with van der Waals surface area (Å²) in [4.78, 5) is 14.8. The van der Waals surface area contributed by atoms with Gasteiger partial charge in [0.2, 0.25) is 11.7 Å². The molecule has 94 valence electrons. The molecule has 0 aliphatic carbocycles. The summed E-state index contributed by atoms with van der Waals surface area (Å²) in [5.41, 5.74) is 0.147. The van der Waals surface area contributed by atoms with Gasteiger partial charge in [-0.3, -0.25) is 4.79 Å². The maximum absolute atomic E-state index is 12.9. The lowest BCUT2D eigenvalue weighted by atomic mass is 10.2. The first-order valence-corrected chi connectivity index (χ1v) is 5.42. The Balaban J connectivity index is 2.07. The van der Waals surface area contributed by atoms with Gasteiger partial charge < -0.3 is 9.26 Å². The lowest BCUT2D eigenvalue weighted by Crippen LogP contribution is -2.00. The van der Waals surface area contributed by atoms with Crippen LogP contribution in [-0.4, -0.2) is 16.4 Å². The van der Waals surface area contributed by atoms with Crippen LogP contribution in [0.25, 0.3) is 0 Å². The number of aldehydes is 1. The van der Waals surface area contributed by atoms with Crippen molar-refractivity contribution in [1.29, 1.82) is 0 Å². The minimum atomic E-state index is -0.489. The van der Waals surface area contributed by atoms with Gasteiger partial charge in [0, 0.05) is 6.42 Å². The van der Waals surface area contributed by atoms with E-state index in [9.17, 15) is 9.18 Å². The molecule has 2 aromatic rings. The summed E-state index contributed by atoms with van der Waals surface area (Å²) in [6.45, 7) is 1.96. The number of benzene rings is 1. The van der Waals surface area contributed by atoms with Crippen molar-refractivity contribution in [2.45, 2.75) is 20.0 Å². The third-order valence-electron chi connectivity index (χ3n) is 2.27. The predicted molar refractivity (Wildman–Crippen MR) is 59.8 cm³/mol. The van der Waals surface area contributed by atoms with E-state index in [0.717, 1.165) is 6.07 Å². The van der Waals surface area contributed by atoms with Crippen molar-refractivity contribution in [2.75, 3.05) is 0 Å². The Morgan fingerprint density at radius 1 is 1.50 bits per heavy atom. The summed E-state index contributed by atoms with van der Waals surface area (Å²) >= 11 is 0. The van der Waals surface area contributed by atoms with Crippen LogP contribution in [0.5, 0.6) is 5.75 Å². The standard InChI is InChI=1S/C12H11FN2O3/c1-2-12-14-11(15-18-12)7-17-10-4-3-9(13)5-8(10)6-16/h3-6H,2,7H2,1H3. The maximum Gasteiger partial charge on any atom is 0.226 e. The summed E-state index contributed by atoms with van der Waals surface area (Å²) in [5, 5.41) is 3.70. The second kappa shape index (κ2) is 5.39. The number of halogens is 1. The second-order valence-corrected chi connectivity index (χ2v) is 3.55. The van der Waals surface area contributed by atoms with Crippen LogP contribution in [-0.2, 0) is 13.0 Å². The Labute approximate surface area is 103 Å². The highest BCUT2D eigenvalue weighted by molar-refractivity contribution is 5.79. The molecule has 2 rings (SSSR count). The molecule has 0 amide bonds. The molecule has 0 fully saturated rings. The SMILES string of the molecule is CCc1nc(COc2ccc(F)cc2C=O)no1. The summed E-state index contributed by atoms with van der Waals surface area (Å²) in [6, 6.07) is 3.71. The van der Waals surface area contributed by atoms with Crippen molar-refractivity contribution < 1.29 is 18.4 Å². The molecule has 0 N–H and O–H groups in total. The second-order valence-electron chi connectivity index (χ2n) is 3.55. The van der Waals surface area contributed by atoms with Gasteiger partial charge in [0.25, 0.3) is 0 Å². The Kier molecular flexibility index (Phi) is 3.66. The average Bonchev–Trinajstić information content (AvgIpc) is 2.85. The highest BCUT2D eigenvalue weighted by Crippen LogP contribution is 2.18. The van der Waals surface area contributed by atoms with Gasteiger partial charge in [-0.25, -0.2) is 4.39 Å². The van der Waals surface area contributed by atoms with E-state index in [1.54, 1.807) is 0 Å². The molecule has 0 radical (unpaired) electrons. The van der Waals surface area contributed by atoms with E-state index in [1.807, 2.05) is 6.92 Å². The number of hydrogen-bond donors (Lipinski definition) is 0. The largest absolute Gasteiger partial charge is 0.485 e. The molecule has 18 heavy (non-hydrogen) atoms. The number of aryl methyl sites for hydroxylation is 1. The normalized spacial score (nSPS) is 10.3. The van der Waals surface area contributed by atoms with Gasteiger partial charge in [0.15, 0.2) is 12.9 Å². The molecule has 0 atom stereocenters. The molecule has 0 unspecified atom stereocenters. The molecule has 5 nitrogen and oxygen atoms in total. The van der Waals surface area contributed by atoms with Gasteiger partial charge in [0.05, 0.1) is 5.56 Å². The fraction of sp³-hybridized carbons (Fsp3) is 0.250. The molecule has 0 saturated carbocycles. The summed E-state index contributed by atoms with van der Waals surface area (Å²) in [6.07, 6.45) is 1.18. The number of carbonyl (C=O) groups is 1. The number of hydrogen-bond acceptors (Lipinski definition) is 5. The molecule has 0 spiro atoms. The summed E-state index contributed by atoms with van der Waals surface area (Å²) in [5.74, 6) is 0.697. The van der Waals surface area contributed by atoms with Gasteiger partial charge >= 0.3 is 0 Å². The van der Waals surface area contributed by atoms with Gasteiger partial charge in [0.1, 0.15) is 11.6 Å². The van der Waals surface area contributed by atoms with E-state index in [-0.39, 0.29) is 17.9 Å². The Hall–Kier alpha value is -2.24. The van der Waals surface area contributed by atoms with E-state index in [1.165, 1.54) is 12.1 Å². The number of aromatic nitrogens is 2. The van der Waals surface area contributed by atoms with Crippen molar-refractivity contribution >= 4 is 6.29 Å². The van der Waals surface area contributed by atoms with Crippen molar-refractivity contribution in [2.24, 2.45) is 0 Å². The lowest BCUT2D eigenvalue weighted by molar-refractivity contribution is 0.111. The van der Waals surface area contributed by atoms with Gasteiger partial charge in [-0.15, -0.1) is 0 Å². The third kappa shape index (κ3) is 2.71. The molecule has 0 saturated heterocycles. The molecule has 0 aliphatic heterocycles. The van der Waals surface area contributed by atoms with Crippen molar-refractivity contribution in [3.63, 3.8) is 0 Å². The van der Waals surface area contributed by atoms with Gasteiger partial charge in [-0.2, -0.15) is 4.98 Å². The van der Waals surface area contributed by atoms with E-state index in [4.69, 9.17) is 9.26 Å². The Bertz CT molecular complexity index is 554. The highest BCUT2D eigenvalue weighted by atomic mass is 19.1. The van der Waals surface area contributed by atoms with Crippen LogP contribution in [0.1, 0.15) is 29.0 Å². The van der Waals surface area contributed by atoms with Crippen LogP contribution in [0.15, 0.2) is 22.7 Å². The fourth-order valence-electron chi connectivity index (χ4n) is 1.38. The fourth-order valence-corrected chi connectivity index (χ4v) is 1.38. The number of ether oxygens (including phenoxy) is 1. The van der Waals surface area contributed by atoms with Gasteiger partial charge in [-0.1, -0.05) is 12.1 Å². The predicted octanol–water partition coefficient (Wildman–Crippen LogP) is 2.16. The minimum Gasteiger partial charge on any atom is -0.485 e. The van der Waals surface area contributed by atoms with E-state index >= 15 is 0 Å². The van der Waals surface area contributed by atoms with E-state index < -0.39 is 5.82 Å². The molecular weight excluding hydrogens is 239 g/mol. The molecule has 0 bridgehead atoms. The van der Waals surface area contributed by atoms with Crippen LogP contribution in [0.4, 0.5) is 4.39 Å². The number of nitrogens with zero attached hydrogens (tertiary/aromatic N) is 2. The molecular formula is C12H11FN2O3. The van der Waals surface area contributed by atoms with Crippen LogP contribution < -0.4 is 4.74 Å².